The van der Waals surface area contributed by atoms with Crippen molar-refractivity contribution in [3.63, 3.8) is 0 Å². The molecule has 0 atom stereocenters. The number of aromatic nitrogens is 3. The summed E-state index contributed by atoms with van der Waals surface area (Å²) in [6.45, 7) is 0. The van der Waals surface area contributed by atoms with Crippen molar-refractivity contribution in [1.29, 1.82) is 0 Å². The van der Waals surface area contributed by atoms with Crippen LogP contribution in [0.15, 0.2) is 23.4 Å². The maximum Gasteiger partial charge on any atom is 0.155 e. The second-order valence-corrected chi connectivity index (χ2v) is 5.02. The normalized spacial score (nSPS) is 17.1. The average molecular weight is 207 g/mol. The van der Waals surface area contributed by atoms with Crippen LogP contribution in [0.5, 0.6) is 0 Å². The van der Waals surface area contributed by atoms with Crippen molar-refractivity contribution in [2.75, 3.05) is 0 Å². The highest BCUT2D eigenvalue weighted by atomic mass is 32.2. The van der Waals surface area contributed by atoms with Crippen molar-refractivity contribution >= 4 is 22.8 Å². The van der Waals surface area contributed by atoms with Gasteiger partial charge in [-0.3, -0.25) is 5.10 Å². The Balaban J connectivity index is 0.000000853. The van der Waals surface area contributed by atoms with Crippen molar-refractivity contribution in [3.05, 3.63) is 18.5 Å². The molecule has 1 fully saturated rings. The van der Waals surface area contributed by atoms with Gasteiger partial charge in [0.1, 0.15) is 0 Å². The minimum atomic E-state index is 0. The molecule has 2 aromatic heterocycles. The van der Waals surface area contributed by atoms with Crippen molar-refractivity contribution in [2.45, 2.75) is 29.4 Å². The number of nitrogens with zero attached hydrogens (tertiary/aromatic N) is 2. The zero-order chi connectivity index (χ0) is 9.38. The van der Waals surface area contributed by atoms with E-state index in [-0.39, 0.29) is 1.43 Å². The molecule has 1 saturated carbocycles. The highest BCUT2D eigenvalue weighted by Gasteiger charge is 2.18. The Morgan fingerprint density at radius 3 is 3.14 bits per heavy atom. The largest absolute Gasteiger partial charge is 0.261 e. The molecule has 1 aliphatic rings. The minimum Gasteiger partial charge on any atom is -0.261 e. The topological polar surface area (TPSA) is 41.6 Å². The van der Waals surface area contributed by atoms with E-state index in [4.69, 9.17) is 0 Å². The molecule has 0 saturated heterocycles. The number of hydrogen-bond donors (Lipinski definition) is 1. The van der Waals surface area contributed by atoms with E-state index in [0.717, 1.165) is 16.3 Å². The zero-order valence-corrected chi connectivity index (χ0v) is 8.55. The lowest BCUT2D eigenvalue weighted by Gasteiger charge is -2.24. The molecule has 1 N–H and O–H groups in total. The van der Waals surface area contributed by atoms with Crippen LogP contribution in [-0.2, 0) is 0 Å². The second kappa shape index (κ2) is 3.28. The fourth-order valence-electron chi connectivity index (χ4n) is 1.56. The van der Waals surface area contributed by atoms with Crippen molar-refractivity contribution in [2.24, 2.45) is 0 Å². The van der Waals surface area contributed by atoms with Crippen LogP contribution in [-0.4, -0.2) is 20.4 Å². The molecule has 0 spiro atoms. The van der Waals surface area contributed by atoms with Crippen LogP contribution in [0.2, 0.25) is 0 Å². The first-order valence-corrected chi connectivity index (χ1v) is 5.75. The Hall–Kier alpha value is -1.03. The standard InChI is InChI=1S/C10H11N3S.H2/c1-2-8(3-1)14-9-4-7-5-12-13-10(7)11-6-9;/h4-6,8H,1-3H2,(H,11,12,13);1H. The summed E-state index contributed by atoms with van der Waals surface area (Å²) in [7, 11) is 0. The van der Waals surface area contributed by atoms with Gasteiger partial charge in [-0.2, -0.15) is 5.10 Å². The summed E-state index contributed by atoms with van der Waals surface area (Å²) in [5.41, 5.74) is 0.878. The number of aromatic amines is 1. The van der Waals surface area contributed by atoms with Crippen molar-refractivity contribution < 1.29 is 1.43 Å². The van der Waals surface area contributed by atoms with E-state index in [1.54, 1.807) is 0 Å². The zero-order valence-electron chi connectivity index (χ0n) is 7.73. The molecular formula is C10H13N3S. The maximum atomic E-state index is 4.31. The van der Waals surface area contributed by atoms with Gasteiger partial charge in [0.05, 0.1) is 6.20 Å². The number of hydrogen-bond acceptors (Lipinski definition) is 3. The number of fused-ring (bicyclic) bond motifs is 1. The van der Waals surface area contributed by atoms with Crippen LogP contribution >= 0.6 is 11.8 Å². The van der Waals surface area contributed by atoms with Crippen molar-refractivity contribution in [1.82, 2.24) is 15.2 Å². The monoisotopic (exact) mass is 207 g/mol. The summed E-state index contributed by atoms with van der Waals surface area (Å²) >= 11 is 1.94. The smallest absolute Gasteiger partial charge is 0.155 e. The molecular weight excluding hydrogens is 194 g/mol. The van der Waals surface area contributed by atoms with E-state index < -0.39 is 0 Å². The van der Waals surface area contributed by atoms with E-state index in [9.17, 15) is 0 Å². The third-order valence-electron chi connectivity index (χ3n) is 2.62. The molecule has 14 heavy (non-hydrogen) atoms. The van der Waals surface area contributed by atoms with Crippen LogP contribution in [0.3, 0.4) is 0 Å². The molecule has 2 heterocycles. The third kappa shape index (κ3) is 1.39. The van der Waals surface area contributed by atoms with Crippen LogP contribution in [0.25, 0.3) is 11.0 Å². The fraction of sp³-hybridized carbons (Fsp3) is 0.400. The van der Waals surface area contributed by atoms with E-state index in [2.05, 4.69) is 21.2 Å². The lowest BCUT2D eigenvalue weighted by molar-refractivity contribution is 0.522. The third-order valence-corrected chi connectivity index (χ3v) is 3.92. The number of nitrogens with one attached hydrogen (secondary N) is 1. The molecule has 3 nitrogen and oxygen atoms in total. The Bertz CT molecular complexity index is 453. The summed E-state index contributed by atoms with van der Waals surface area (Å²) < 4.78 is 0. The van der Waals surface area contributed by atoms with Gasteiger partial charge < -0.3 is 0 Å². The van der Waals surface area contributed by atoms with Crippen LogP contribution in [0.1, 0.15) is 20.7 Å². The Morgan fingerprint density at radius 1 is 1.43 bits per heavy atom. The summed E-state index contributed by atoms with van der Waals surface area (Å²) in [4.78, 5) is 5.58. The SMILES string of the molecule is [HH].c1nc2[nH]ncc2cc1SC1CCC1. The van der Waals surface area contributed by atoms with Gasteiger partial charge in [0.2, 0.25) is 0 Å². The molecule has 1 aliphatic carbocycles. The highest BCUT2D eigenvalue weighted by Crippen LogP contribution is 2.36. The minimum absolute atomic E-state index is 0. The number of pyridine rings is 1. The van der Waals surface area contributed by atoms with Gasteiger partial charge >= 0.3 is 0 Å². The Labute approximate surface area is 87.8 Å². The van der Waals surface area contributed by atoms with E-state index in [0.29, 0.717) is 0 Å². The van der Waals surface area contributed by atoms with Crippen LogP contribution < -0.4 is 0 Å². The van der Waals surface area contributed by atoms with Gasteiger partial charge in [-0.1, -0.05) is 6.42 Å². The van der Waals surface area contributed by atoms with Crippen molar-refractivity contribution in [3.8, 4) is 0 Å². The van der Waals surface area contributed by atoms with Gasteiger partial charge in [0.15, 0.2) is 5.65 Å². The Kier molecular flexibility index (Phi) is 1.94. The first kappa shape index (κ1) is 8.29. The quantitative estimate of drug-likeness (QED) is 0.823. The predicted octanol–water partition coefficient (Wildman–Crippen LogP) is 2.85. The molecule has 0 amide bonds. The fourth-order valence-corrected chi connectivity index (χ4v) is 2.82. The molecule has 0 radical (unpaired) electrons. The molecule has 3 rings (SSSR count). The second-order valence-electron chi connectivity index (χ2n) is 3.65. The number of H-pyrrole nitrogens is 1. The molecule has 0 unspecified atom stereocenters. The van der Waals surface area contributed by atoms with E-state index in [1.807, 2.05) is 24.2 Å². The van der Waals surface area contributed by atoms with Crippen LogP contribution in [0, 0.1) is 0 Å². The summed E-state index contributed by atoms with van der Waals surface area (Å²) in [5, 5.41) is 8.74. The number of rotatable bonds is 2. The molecule has 0 aliphatic heterocycles. The van der Waals surface area contributed by atoms with Gasteiger partial charge in [0, 0.05) is 23.2 Å². The maximum absolute atomic E-state index is 4.31. The molecule has 4 heteroatoms. The predicted molar refractivity (Wildman–Crippen MR) is 59.5 cm³/mol. The molecule has 0 aromatic carbocycles. The van der Waals surface area contributed by atoms with Crippen LogP contribution in [0.4, 0.5) is 0 Å². The summed E-state index contributed by atoms with van der Waals surface area (Å²) in [5.74, 6) is 0. The van der Waals surface area contributed by atoms with Gasteiger partial charge in [-0.05, 0) is 18.9 Å². The van der Waals surface area contributed by atoms with E-state index >= 15 is 0 Å². The lowest BCUT2D eigenvalue weighted by Crippen LogP contribution is -2.12. The molecule has 0 bridgehead atoms. The Morgan fingerprint density at radius 2 is 2.36 bits per heavy atom. The van der Waals surface area contributed by atoms with Gasteiger partial charge in [-0.15, -0.1) is 11.8 Å². The number of thioether (sulfide) groups is 1. The summed E-state index contributed by atoms with van der Waals surface area (Å²) in [6.07, 6.45) is 7.86. The van der Waals surface area contributed by atoms with Gasteiger partial charge in [0.25, 0.3) is 0 Å². The van der Waals surface area contributed by atoms with E-state index in [1.165, 1.54) is 24.2 Å². The summed E-state index contributed by atoms with van der Waals surface area (Å²) in [6, 6.07) is 2.16. The molecule has 2 aromatic rings. The highest BCUT2D eigenvalue weighted by molar-refractivity contribution is 8.00. The molecule has 74 valence electrons. The first-order valence-electron chi connectivity index (χ1n) is 4.87. The van der Waals surface area contributed by atoms with Gasteiger partial charge in [-0.25, -0.2) is 4.98 Å². The average Bonchev–Trinajstić information content (AvgIpc) is 2.58. The lowest BCUT2D eigenvalue weighted by atomic mass is 10.0. The first-order chi connectivity index (χ1) is 6.92.